The number of hydrogen-bond acceptors (Lipinski definition) is 6. The highest BCUT2D eigenvalue weighted by Crippen LogP contribution is 2.44. The Balaban J connectivity index is 1.40. The van der Waals surface area contributed by atoms with Gasteiger partial charge in [0.05, 0.1) is 12.7 Å². The van der Waals surface area contributed by atoms with E-state index in [1.807, 2.05) is 41.9 Å². The average Bonchev–Trinajstić information content (AvgIpc) is 3.16. The first-order valence-corrected chi connectivity index (χ1v) is 10.4. The predicted octanol–water partition coefficient (Wildman–Crippen LogP) is 3.80. The third kappa shape index (κ3) is 4.84. The number of rotatable bonds is 8. The number of aliphatic carboxylic acids is 1. The van der Waals surface area contributed by atoms with Crippen molar-refractivity contribution in [3.8, 4) is 16.9 Å². The number of carboxylic acid groups (broad SMARTS) is 1. The Kier molecular flexibility index (Phi) is 6.74. The van der Waals surface area contributed by atoms with Gasteiger partial charge in [-0.15, -0.1) is 0 Å². The minimum Gasteiger partial charge on any atom is -0.496 e. The van der Waals surface area contributed by atoms with Gasteiger partial charge in [0.2, 0.25) is 0 Å². The highest BCUT2D eigenvalue weighted by molar-refractivity contribution is 5.97. The van der Waals surface area contributed by atoms with E-state index in [9.17, 15) is 14.4 Å². The minimum atomic E-state index is -1.23. The van der Waals surface area contributed by atoms with Gasteiger partial charge in [0.1, 0.15) is 12.4 Å². The number of amides is 2. The fourth-order valence-electron chi connectivity index (χ4n) is 3.93. The molecule has 4 rings (SSSR count). The Labute approximate surface area is 195 Å². The molecule has 174 valence electrons. The quantitative estimate of drug-likeness (QED) is 0.435. The lowest BCUT2D eigenvalue weighted by Crippen LogP contribution is -2.27. The van der Waals surface area contributed by atoms with E-state index in [1.165, 1.54) is 25.3 Å². The Hall–Kier alpha value is -4.37. The third-order valence-electron chi connectivity index (χ3n) is 5.40. The lowest BCUT2D eigenvalue weighted by Gasteiger charge is -2.15. The van der Waals surface area contributed by atoms with E-state index in [0.29, 0.717) is 5.69 Å². The molecule has 0 radical (unpaired) electrons. The van der Waals surface area contributed by atoms with Crippen molar-refractivity contribution in [3.05, 3.63) is 83.4 Å². The molecule has 2 amide bonds. The summed E-state index contributed by atoms with van der Waals surface area (Å²) in [6, 6.07) is 20.5. The molecular formula is C25H22N2O7. The molecule has 0 unspecified atom stereocenters. The number of hydroxylamine groups is 1. The van der Waals surface area contributed by atoms with Crippen LogP contribution in [0.3, 0.4) is 0 Å². The Morgan fingerprint density at radius 1 is 0.941 bits per heavy atom. The normalized spacial score (nSPS) is 11.8. The Morgan fingerprint density at radius 2 is 1.59 bits per heavy atom. The lowest BCUT2D eigenvalue weighted by atomic mass is 9.98. The summed E-state index contributed by atoms with van der Waals surface area (Å²) < 4.78 is 10.7. The molecule has 0 atom stereocenters. The zero-order valence-electron chi connectivity index (χ0n) is 18.2. The van der Waals surface area contributed by atoms with E-state index in [4.69, 9.17) is 14.6 Å². The molecule has 3 aromatic rings. The predicted molar refractivity (Wildman–Crippen MR) is 123 cm³/mol. The third-order valence-corrected chi connectivity index (χ3v) is 5.40. The molecule has 0 bridgehead atoms. The van der Waals surface area contributed by atoms with E-state index >= 15 is 0 Å². The molecular weight excluding hydrogens is 440 g/mol. The van der Waals surface area contributed by atoms with Crippen LogP contribution in [0.4, 0.5) is 10.5 Å². The van der Waals surface area contributed by atoms with Crippen LogP contribution >= 0.6 is 0 Å². The summed E-state index contributed by atoms with van der Waals surface area (Å²) in [5.74, 6) is -1.82. The first kappa shape index (κ1) is 22.8. The van der Waals surface area contributed by atoms with Crippen LogP contribution < -0.4 is 15.5 Å². The van der Waals surface area contributed by atoms with Crippen LogP contribution in [0.5, 0.6) is 5.75 Å². The highest BCUT2D eigenvalue weighted by atomic mass is 16.7. The topological polar surface area (TPSA) is 123 Å². The number of carbonyl (C=O) groups excluding carboxylic acids is 2. The summed E-state index contributed by atoms with van der Waals surface area (Å²) in [6.07, 6.45) is -0.647. The van der Waals surface area contributed by atoms with E-state index in [-0.39, 0.29) is 23.8 Å². The molecule has 34 heavy (non-hydrogen) atoms. The van der Waals surface area contributed by atoms with Crippen molar-refractivity contribution in [1.82, 2.24) is 5.48 Å². The summed E-state index contributed by atoms with van der Waals surface area (Å²) in [6.45, 7) is -0.520. The van der Waals surface area contributed by atoms with Gasteiger partial charge in [0.15, 0.2) is 6.61 Å². The van der Waals surface area contributed by atoms with Gasteiger partial charge in [0.25, 0.3) is 5.91 Å². The second-order valence-electron chi connectivity index (χ2n) is 7.48. The number of hydrogen-bond donors (Lipinski definition) is 3. The number of nitrogens with one attached hydrogen (secondary N) is 2. The molecule has 0 aromatic heterocycles. The molecule has 1 aliphatic rings. The summed E-state index contributed by atoms with van der Waals surface area (Å²) in [7, 11) is 1.36. The number of carboxylic acids is 1. The van der Waals surface area contributed by atoms with E-state index in [2.05, 4.69) is 22.3 Å². The minimum absolute atomic E-state index is 0.0652. The summed E-state index contributed by atoms with van der Waals surface area (Å²) >= 11 is 0. The smallest absolute Gasteiger partial charge is 0.411 e. The molecule has 0 aliphatic heterocycles. The summed E-state index contributed by atoms with van der Waals surface area (Å²) in [5.41, 5.74) is 6.98. The van der Waals surface area contributed by atoms with Crippen LogP contribution in [0.25, 0.3) is 11.1 Å². The lowest BCUT2D eigenvalue weighted by molar-refractivity contribution is -0.144. The monoisotopic (exact) mass is 462 g/mol. The maximum atomic E-state index is 12.5. The van der Waals surface area contributed by atoms with Gasteiger partial charge in [-0.2, -0.15) is 0 Å². The second-order valence-corrected chi connectivity index (χ2v) is 7.48. The van der Waals surface area contributed by atoms with Crippen LogP contribution in [-0.2, 0) is 14.4 Å². The fraction of sp³-hybridized carbons (Fsp3) is 0.160. The standard InChI is InChI=1S/C25H22N2O7/c1-32-22-12-15(10-11-20(22)24(30)27-34-14-23(28)29)26-25(31)33-13-21-18-8-4-2-6-16(18)17-7-3-5-9-19(17)21/h2-12,21H,13-14H2,1H3,(H,26,31)(H,27,30)(H,28,29). The maximum Gasteiger partial charge on any atom is 0.411 e. The first-order valence-electron chi connectivity index (χ1n) is 10.4. The largest absolute Gasteiger partial charge is 0.496 e. The Bertz CT molecular complexity index is 1200. The van der Waals surface area contributed by atoms with Gasteiger partial charge in [0, 0.05) is 17.7 Å². The number of fused-ring (bicyclic) bond motifs is 3. The van der Waals surface area contributed by atoms with Gasteiger partial charge in [-0.3, -0.25) is 14.9 Å². The highest BCUT2D eigenvalue weighted by Gasteiger charge is 2.29. The molecule has 9 nitrogen and oxygen atoms in total. The van der Waals surface area contributed by atoms with Crippen molar-refractivity contribution in [2.45, 2.75) is 5.92 Å². The molecule has 0 heterocycles. The zero-order valence-corrected chi connectivity index (χ0v) is 18.2. The van der Waals surface area contributed by atoms with Crippen LogP contribution in [0.2, 0.25) is 0 Å². The van der Waals surface area contributed by atoms with Crippen LogP contribution in [0.1, 0.15) is 27.4 Å². The first-order chi connectivity index (χ1) is 16.5. The molecule has 9 heteroatoms. The molecule has 0 fully saturated rings. The average molecular weight is 462 g/mol. The second kappa shape index (κ2) is 10.1. The van der Waals surface area contributed by atoms with Crippen molar-refractivity contribution in [2.24, 2.45) is 0 Å². The van der Waals surface area contributed by atoms with Crippen LogP contribution in [0.15, 0.2) is 66.7 Å². The van der Waals surface area contributed by atoms with E-state index in [0.717, 1.165) is 22.3 Å². The van der Waals surface area contributed by atoms with E-state index < -0.39 is 24.6 Å². The molecule has 1 aliphatic carbocycles. The van der Waals surface area contributed by atoms with Crippen molar-refractivity contribution >= 4 is 23.7 Å². The van der Waals surface area contributed by atoms with Gasteiger partial charge in [-0.05, 0) is 34.4 Å². The zero-order chi connectivity index (χ0) is 24.1. The van der Waals surface area contributed by atoms with Crippen LogP contribution in [-0.4, -0.2) is 43.4 Å². The number of benzene rings is 3. The van der Waals surface area contributed by atoms with Crippen molar-refractivity contribution in [2.75, 3.05) is 25.6 Å². The molecule has 3 N–H and O–H groups in total. The molecule has 3 aromatic carbocycles. The molecule has 0 saturated carbocycles. The van der Waals surface area contributed by atoms with Gasteiger partial charge in [-0.1, -0.05) is 48.5 Å². The maximum absolute atomic E-state index is 12.5. The van der Waals surface area contributed by atoms with Crippen molar-refractivity contribution < 1.29 is 33.8 Å². The van der Waals surface area contributed by atoms with Crippen LogP contribution in [0, 0.1) is 0 Å². The number of anilines is 1. The van der Waals surface area contributed by atoms with Gasteiger partial charge < -0.3 is 14.6 Å². The molecule has 0 spiro atoms. The SMILES string of the molecule is COc1cc(NC(=O)OCC2c3ccccc3-c3ccccc32)ccc1C(=O)NOCC(=O)O. The number of ether oxygens (including phenoxy) is 2. The molecule has 0 saturated heterocycles. The van der Waals surface area contributed by atoms with Gasteiger partial charge in [-0.25, -0.2) is 15.1 Å². The summed E-state index contributed by atoms with van der Waals surface area (Å²) in [5, 5.41) is 11.2. The van der Waals surface area contributed by atoms with Gasteiger partial charge >= 0.3 is 12.1 Å². The summed E-state index contributed by atoms with van der Waals surface area (Å²) in [4.78, 5) is 39.7. The number of methoxy groups -OCH3 is 1. The Morgan fingerprint density at radius 3 is 2.21 bits per heavy atom. The van der Waals surface area contributed by atoms with E-state index in [1.54, 1.807) is 0 Å². The fourth-order valence-corrected chi connectivity index (χ4v) is 3.93. The van der Waals surface area contributed by atoms with Crippen molar-refractivity contribution in [3.63, 3.8) is 0 Å². The van der Waals surface area contributed by atoms with Crippen molar-refractivity contribution in [1.29, 1.82) is 0 Å². The number of carbonyl (C=O) groups is 3.